The summed E-state index contributed by atoms with van der Waals surface area (Å²) in [5.41, 5.74) is 4.48. The lowest BCUT2D eigenvalue weighted by Crippen LogP contribution is -2.33. The number of non-ortho nitro benzene ring substituents is 1. The molecule has 0 bridgehead atoms. The predicted molar refractivity (Wildman–Crippen MR) is 95.5 cm³/mol. The first-order valence-corrected chi connectivity index (χ1v) is 7.89. The number of benzene rings is 3. The maximum absolute atomic E-state index is 13.0. The zero-order valence-electron chi connectivity index (χ0n) is 13.3. The van der Waals surface area contributed by atoms with Crippen molar-refractivity contribution in [2.75, 3.05) is 4.90 Å². The summed E-state index contributed by atoms with van der Waals surface area (Å²) < 4.78 is 0. The molecule has 3 aromatic rings. The molecule has 5 nitrogen and oxygen atoms in total. The van der Waals surface area contributed by atoms with Crippen LogP contribution in [0.2, 0.25) is 0 Å². The Kier molecular flexibility index (Phi) is 3.54. The quantitative estimate of drug-likeness (QED) is 0.516. The third kappa shape index (κ3) is 2.55. The van der Waals surface area contributed by atoms with Crippen molar-refractivity contribution in [3.63, 3.8) is 0 Å². The highest BCUT2D eigenvalue weighted by molar-refractivity contribution is 6.09. The number of nitro groups is 1. The fourth-order valence-corrected chi connectivity index (χ4v) is 3.18. The Labute approximate surface area is 144 Å². The Morgan fingerprint density at radius 2 is 1.52 bits per heavy atom. The monoisotopic (exact) mass is 330 g/mol. The van der Waals surface area contributed by atoms with Gasteiger partial charge in [-0.3, -0.25) is 14.9 Å². The summed E-state index contributed by atoms with van der Waals surface area (Å²) in [5.74, 6) is -0.170. The molecule has 3 aromatic carbocycles. The molecule has 0 unspecified atom stereocenters. The summed E-state index contributed by atoms with van der Waals surface area (Å²) in [6.07, 6.45) is 0. The van der Waals surface area contributed by atoms with Crippen molar-refractivity contribution in [1.29, 1.82) is 0 Å². The van der Waals surface area contributed by atoms with Crippen LogP contribution in [0, 0.1) is 10.1 Å². The van der Waals surface area contributed by atoms with E-state index >= 15 is 0 Å². The predicted octanol–water partition coefficient (Wildman–Crippen LogP) is 4.42. The van der Waals surface area contributed by atoms with E-state index in [1.54, 1.807) is 4.90 Å². The highest BCUT2D eigenvalue weighted by Crippen LogP contribution is 2.39. The molecule has 0 atom stereocenters. The number of rotatable bonds is 2. The van der Waals surface area contributed by atoms with Gasteiger partial charge >= 0.3 is 0 Å². The molecule has 0 aromatic heterocycles. The normalized spacial score (nSPS) is 12.2. The summed E-state index contributed by atoms with van der Waals surface area (Å²) in [6, 6.07) is 21.5. The van der Waals surface area contributed by atoms with E-state index in [1.807, 2.05) is 42.5 Å². The Hall–Kier alpha value is -3.47. The number of carbonyl (C=O) groups is 1. The average molecular weight is 330 g/mol. The van der Waals surface area contributed by atoms with Gasteiger partial charge in [-0.15, -0.1) is 0 Å². The number of nitrogens with zero attached hydrogens (tertiary/aromatic N) is 2. The molecular weight excluding hydrogens is 316 g/mol. The molecule has 1 aliphatic rings. The molecule has 1 heterocycles. The molecule has 0 N–H and O–H groups in total. The molecular formula is C20H14N2O3. The van der Waals surface area contributed by atoms with Gasteiger partial charge in [-0.2, -0.15) is 0 Å². The maximum atomic E-state index is 13.0. The average Bonchev–Trinajstić information content (AvgIpc) is 2.67. The van der Waals surface area contributed by atoms with Crippen molar-refractivity contribution >= 4 is 17.3 Å². The number of hydrogen-bond donors (Lipinski definition) is 0. The van der Waals surface area contributed by atoms with E-state index in [1.165, 1.54) is 24.3 Å². The summed E-state index contributed by atoms with van der Waals surface area (Å²) >= 11 is 0. The Balaban J connectivity index is 1.76. The molecule has 1 aliphatic heterocycles. The van der Waals surface area contributed by atoms with Crippen molar-refractivity contribution in [1.82, 2.24) is 0 Å². The van der Waals surface area contributed by atoms with Crippen LogP contribution in [-0.2, 0) is 6.54 Å². The Morgan fingerprint density at radius 1 is 0.880 bits per heavy atom. The standard InChI is InChI=1S/C20H14N2O3/c23-20(14-9-11-16(12-10-14)22(24)25)21-13-15-5-1-2-6-17(15)18-7-3-4-8-19(18)21/h1-12H,13H2. The minimum absolute atomic E-state index is 0.0269. The third-order valence-electron chi connectivity index (χ3n) is 4.40. The first kappa shape index (κ1) is 15.1. The number of para-hydroxylation sites is 1. The van der Waals surface area contributed by atoms with Crippen LogP contribution in [0.15, 0.2) is 72.8 Å². The van der Waals surface area contributed by atoms with Crippen LogP contribution >= 0.6 is 0 Å². The van der Waals surface area contributed by atoms with E-state index < -0.39 is 4.92 Å². The Morgan fingerprint density at radius 3 is 2.24 bits per heavy atom. The van der Waals surface area contributed by atoms with Gasteiger partial charge in [-0.1, -0.05) is 42.5 Å². The van der Waals surface area contributed by atoms with Crippen molar-refractivity contribution in [2.24, 2.45) is 0 Å². The first-order valence-electron chi connectivity index (χ1n) is 7.89. The number of hydrogen-bond acceptors (Lipinski definition) is 3. The fraction of sp³-hybridized carbons (Fsp3) is 0.0500. The topological polar surface area (TPSA) is 63.4 Å². The van der Waals surface area contributed by atoms with E-state index in [2.05, 4.69) is 6.07 Å². The highest BCUT2D eigenvalue weighted by Gasteiger charge is 2.26. The van der Waals surface area contributed by atoms with Gasteiger partial charge in [0.2, 0.25) is 0 Å². The van der Waals surface area contributed by atoms with Crippen LogP contribution in [0.3, 0.4) is 0 Å². The van der Waals surface area contributed by atoms with Crippen molar-refractivity contribution < 1.29 is 9.72 Å². The lowest BCUT2D eigenvalue weighted by molar-refractivity contribution is -0.384. The van der Waals surface area contributed by atoms with Crippen LogP contribution in [0.5, 0.6) is 0 Å². The van der Waals surface area contributed by atoms with Crippen molar-refractivity contribution in [3.05, 3.63) is 94.0 Å². The number of nitro benzene ring substituents is 1. The summed E-state index contributed by atoms with van der Waals surface area (Å²) in [5, 5.41) is 10.8. The molecule has 0 spiro atoms. The lowest BCUT2D eigenvalue weighted by Gasteiger charge is -2.31. The van der Waals surface area contributed by atoms with Gasteiger partial charge in [0.25, 0.3) is 11.6 Å². The molecule has 1 amide bonds. The van der Waals surface area contributed by atoms with Gasteiger partial charge in [-0.25, -0.2) is 0 Å². The van der Waals surface area contributed by atoms with E-state index in [-0.39, 0.29) is 11.6 Å². The zero-order valence-corrected chi connectivity index (χ0v) is 13.3. The lowest BCUT2D eigenvalue weighted by atomic mass is 9.93. The third-order valence-corrected chi connectivity index (χ3v) is 4.40. The highest BCUT2D eigenvalue weighted by atomic mass is 16.6. The van der Waals surface area contributed by atoms with Crippen LogP contribution in [0.25, 0.3) is 11.1 Å². The van der Waals surface area contributed by atoms with E-state index in [0.29, 0.717) is 12.1 Å². The first-order chi connectivity index (χ1) is 12.1. The van der Waals surface area contributed by atoms with Crippen LogP contribution in [0.4, 0.5) is 11.4 Å². The van der Waals surface area contributed by atoms with Gasteiger partial charge in [0, 0.05) is 23.3 Å². The van der Waals surface area contributed by atoms with Crippen LogP contribution in [0.1, 0.15) is 15.9 Å². The molecule has 5 heteroatoms. The largest absolute Gasteiger partial charge is 0.303 e. The van der Waals surface area contributed by atoms with Gasteiger partial charge in [0.15, 0.2) is 0 Å². The van der Waals surface area contributed by atoms with Crippen molar-refractivity contribution in [2.45, 2.75) is 6.54 Å². The summed E-state index contributed by atoms with van der Waals surface area (Å²) in [6.45, 7) is 0.475. The summed E-state index contributed by atoms with van der Waals surface area (Å²) in [4.78, 5) is 25.1. The molecule has 25 heavy (non-hydrogen) atoms. The fourth-order valence-electron chi connectivity index (χ4n) is 3.18. The molecule has 122 valence electrons. The second-order valence-corrected chi connectivity index (χ2v) is 5.87. The maximum Gasteiger partial charge on any atom is 0.269 e. The number of amides is 1. The number of fused-ring (bicyclic) bond motifs is 3. The summed E-state index contributed by atoms with van der Waals surface area (Å²) in [7, 11) is 0. The van der Waals surface area contributed by atoms with E-state index in [0.717, 1.165) is 22.4 Å². The van der Waals surface area contributed by atoms with Crippen molar-refractivity contribution in [3.8, 4) is 11.1 Å². The van der Waals surface area contributed by atoms with Gasteiger partial charge < -0.3 is 4.90 Å². The van der Waals surface area contributed by atoms with Crippen LogP contribution in [-0.4, -0.2) is 10.8 Å². The Bertz CT molecular complexity index is 980. The van der Waals surface area contributed by atoms with Crippen LogP contribution < -0.4 is 4.90 Å². The molecule has 0 fully saturated rings. The second kappa shape index (κ2) is 5.87. The molecule has 0 saturated heterocycles. The number of anilines is 1. The minimum Gasteiger partial charge on any atom is -0.303 e. The molecule has 0 radical (unpaired) electrons. The van der Waals surface area contributed by atoms with E-state index in [4.69, 9.17) is 0 Å². The number of carbonyl (C=O) groups excluding carboxylic acids is 1. The van der Waals surface area contributed by atoms with Gasteiger partial charge in [-0.05, 0) is 29.3 Å². The minimum atomic E-state index is -0.472. The zero-order chi connectivity index (χ0) is 17.4. The molecule has 4 rings (SSSR count). The smallest absolute Gasteiger partial charge is 0.269 e. The molecule has 0 aliphatic carbocycles. The van der Waals surface area contributed by atoms with Gasteiger partial charge in [0.05, 0.1) is 17.2 Å². The van der Waals surface area contributed by atoms with E-state index in [9.17, 15) is 14.9 Å². The van der Waals surface area contributed by atoms with Gasteiger partial charge in [0.1, 0.15) is 0 Å². The SMILES string of the molecule is O=C(c1ccc([N+](=O)[O-])cc1)N1Cc2ccccc2-c2ccccc21. The second-order valence-electron chi connectivity index (χ2n) is 5.87. The molecule has 0 saturated carbocycles.